The summed E-state index contributed by atoms with van der Waals surface area (Å²) in [4.78, 5) is 15.3. The van der Waals surface area contributed by atoms with E-state index in [0.29, 0.717) is 0 Å². The van der Waals surface area contributed by atoms with Crippen LogP contribution in [0.1, 0.15) is 126 Å². The van der Waals surface area contributed by atoms with E-state index in [1.54, 1.807) is 0 Å². The zero-order chi connectivity index (χ0) is 21.8. The zero-order valence-electron chi connectivity index (χ0n) is 20.5. The van der Waals surface area contributed by atoms with E-state index in [2.05, 4.69) is 44.8 Å². The van der Waals surface area contributed by atoms with Gasteiger partial charge in [-0.3, -0.25) is 4.79 Å². The number of amides is 1. The molecule has 2 aliphatic rings. The minimum atomic E-state index is -0.720. The molecular formula is C25H48N2O2. The molecule has 0 radical (unpaired) electrons. The molecule has 2 fully saturated rings. The standard InChI is InChI=1S/C25H48N2O2/c1-8-9-10-11-12-13-14-15-16-17-18-27-21(28)24(6,7)29-25(27)19-22(2,3)26-23(4,5)20-25/h26H,8-20H2,1-7H3. The summed E-state index contributed by atoms with van der Waals surface area (Å²) in [5, 5.41) is 3.74. The third-order valence-electron chi connectivity index (χ3n) is 6.55. The molecule has 0 aromatic carbocycles. The highest BCUT2D eigenvalue weighted by Gasteiger charge is 2.61. The maximum absolute atomic E-state index is 13.2. The molecule has 0 atom stereocenters. The van der Waals surface area contributed by atoms with Crippen LogP contribution in [0.25, 0.3) is 0 Å². The molecule has 1 amide bonds. The smallest absolute Gasteiger partial charge is 0.256 e. The van der Waals surface area contributed by atoms with Gasteiger partial charge in [0.1, 0.15) is 11.3 Å². The van der Waals surface area contributed by atoms with Gasteiger partial charge in [-0.1, -0.05) is 64.7 Å². The van der Waals surface area contributed by atoms with Gasteiger partial charge >= 0.3 is 0 Å². The Labute approximate surface area is 180 Å². The molecular weight excluding hydrogens is 360 g/mol. The maximum Gasteiger partial charge on any atom is 0.256 e. The molecule has 2 saturated heterocycles. The maximum atomic E-state index is 13.2. The summed E-state index contributed by atoms with van der Waals surface area (Å²) in [7, 11) is 0. The van der Waals surface area contributed by atoms with E-state index in [1.165, 1.54) is 57.8 Å². The number of carbonyl (C=O) groups is 1. The monoisotopic (exact) mass is 408 g/mol. The average Bonchev–Trinajstić information content (AvgIpc) is 2.72. The molecule has 0 aromatic rings. The zero-order valence-corrected chi connectivity index (χ0v) is 20.5. The SMILES string of the molecule is CCCCCCCCCCCCN1C(=O)C(C)(C)OC12CC(C)(C)NC(C)(C)C2. The summed E-state index contributed by atoms with van der Waals surface area (Å²) in [6.45, 7) is 15.9. The molecule has 0 aromatic heterocycles. The van der Waals surface area contributed by atoms with Crippen LogP contribution in [0.2, 0.25) is 0 Å². The van der Waals surface area contributed by atoms with E-state index in [1.807, 2.05) is 13.8 Å². The highest BCUT2D eigenvalue weighted by molar-refractivity contribution is 5.87. The van der Waals surface area contributed by atoms with Crippen LogP contribution in [-0.4, -0.2) is 39.8 Å². The van der Waals surface area contributed by atoms with Gasteiger partial charge in [0.25, 0.3) is 5.91 Å². The summed E-state index contributed by atoms with van der Waals surface area (Å²) in [6.07, 6.45) is 14.8. The second-order valence-electron chi connectivity index (χ2n) is 11.4. The minimum absolute atomic E-state index is 0.0571. The molecule has 1 spiro atoms. The number of unbranched alkanes of at least 4 members (excludes halogenated alkanes) is 9. The summed E-state index contributed by atoms with van der Waals surface area (Å²) in [5.41, 5.74) is -1.31. The molecule has 2 aliphatic heterocycles. The van der Waals surface area contributed by atoms with Gasteiger partial charge in [-0.25, -0.2) is 0 Å². The molecule has 0 saturated carbocycles. The van der Waals surface area contributed by atoms with Crippen LogP contribution >= 0.6 is 0 Å². The molecule has 4 nitrogen and oxygen atoms in total. The van der Waals surface area contributed by atoms with Crippen molar-refractivity contribution in [2.45, 2.75) is 148 Å². The minimum Gasteiger partial charge on any atom is -0.340 e. The lowest BCUT2D eigenvalue weighted by Crippen LogP contribution is -2.67. The Morgan fingerprint density at radius 2 is 1.24 bits per heavy atom. The van der Waals surface area contributed by atoms with E-state index in [9.17, 15) is 4.79 Å². The van der Waals surface area contributed by atoms with Crippen LogP contribution in [0.3, 0.4) is 0 Å². The Bertz CT molecular complexity index is 523. The van der Waals surface area contributed by atoms with Crippen molar-refractivity contribution in [3.05, 3.63) is 0 Å². The molecule has 4 heteroatoms. The highest BCUT2D eigenvalue weighted by atomic mass is 16.6. The molecule has 2 heterocycles. The third kappa shape index (κ3) is 6.69. The Morgan fingerprint density at radius 3 is 1.72 bits per heavy atom. The Morgan fingerprint density at radius 1 is 0.793 bits per heavy atom. The number of rotatable bonds is 11. The highest BCUT2D eigenvalue weighted by Crippen LogP contribution is 2.47. The van der Waals surface area contributed by atoms with Gasteiger partial charge in [-0.15, -0.1) is 0 Å². The summed E-state index contributed by atoms with van der Waals surface area (Å²) in [6, 6.07) is 0. The number of carbonyl (C=O) groups excluding carboxylic acids is 1. The van der Waals surface area contributed by atoms with E-state index >= 15 is 0 Å². The third-order valence-corrected chi connectivity index (χ3v) is 6.55. The fraction of sp³-hybridized carbons (Fsp3) is 0.960. The number of nitrogens with one attached hydrogen (secondary N) is 1. The predicted octanol–water partition coefficient (Wildman–Crippen LogP) is 6.18. The Kier molecular flexibility index (Phi) is 8.23. The van der Waals surface area contributed by atoms with Crippen molar-refractivity contribution in [2.24, 2.45) is 0 Å². The molecule has 0 unspecified atom stereocenters. The quantitative estimate of drug-likeness (QED) is 0.415. The number of piperidine rings is 1. The molecule has 0 aliphatic carbocycles. The topological polar surface area (TPSA) is 41.6 Å². The second kappa shape index (κ2) is 9.68. The first kappa shape index (κ1) is 24.7. The molecule has 2 rings (SSSR count). The number of hydrogen-bond acceptors (Lipinski definition) is 3. The first-order valence-electron chi connectivity index (χ1n) is 12.2. The van der Waals surface area contributed by atoms with Gasteiger partial charge in [0.2, 0.25) is 0 Å². The van der Waals surface area contributed by atoms with Crippen LogP contribution < -0.4 is 5.32 Å². The van der Waals surface area contributed by atoms with Gasteiger partial charge < -0.3 is 15.0 Å². The van der Waals surface area contributed by atoms with Gasteiger partial charge in [0.15, 0.2) is 0 Å². The lowest BCUT2D eigenvalue weighted by atomic mass is 9.76. The van der Waals surface area contributed by atoms with Gasteiger partial charge in [-0.2, -0.15) is 0 Å². The van der Waals surface area contributed by atoms with Crippen molar-refractivity contribution in [1.82, 2.24) is 10.2 Å². The van der Waals surface area contributed by atoms with E-state index in [0.717, 1.165) is 25.8 Å². The van der Waals surface area contributed by atoms with Crippen molar-refractivity contribution in [3.63, 3.8) is 0 Å². The van der Waals surface area contributed by atoms with Crippen molar-refractivity contribution in [2.75, 3.05) is 6.54 Å². The number of hydrogen-bond donors (Lipinski definition) is 1. The van der Waals surface area contributed by atoms with Crippen molar-refractivity contribution < 1.29 is 9.53 Å². The summed E-state index contributed by atoms with van der Waals surface area (Å²) in [5.74, 6) is 0.168. The van der Waals surface area contributed by atoms with E-state index in [4.69, 9.17) is 4.74 Å². The number of ether oxygens (including phenoxy) is 1. The Balaban J connectivity index is 1.86. The van der Waals surface area contributed by atoms with Crippen molar-refractivity contribution in [1.29, 1.82) is 0 Å². The van der Waals surface area contributed by atoms with Crippen molar-refractivity contribution in [3.8, 4) is 0 Å². The van der Waals surface area contributed by atoms with Gasteiger partial charge in [0, 0.05) is 30.5 Å². The first-order valence-corrected chi connectivity index (χ1v) is 12.2. The van der Waals surface area contributed by atoms with E-state index < -0.39 is 11.3 Å². The fourth-order valence-electron chi connectivity index (χ4n) is 5.86. The fourth-order valence-corrected chi connectivity index (χ4v) is 5.86. The molecule has 0 bridgehead atoms. The summed E-state index contributed by atoms with van der Waals surface area (Å²) < 4.78 is 6.55. The lowest BCUT2D eigenvalue weighted by Gasteiger charge is -2.53. The number of nitrogens with zero attached hydrogens (tertiary/aromatic N) is 1. The normalized spacial score (nSPS) is 24.4. The first-order chi connectivity index (χ1) is 13.4. The average molecular weight is 409 g/mol. The summed E-state index contributed by atoms with van der Waals surface area (Å²) >= 11 is 0. The van der Waals surface area contributed by atoms with Crippen LogP contribution in [0.15, 0.2) is 0 Å². The van der Waals surface area contributed by atoms with Crippen molar-refractivity contribution >= 4 is 5.91 Å². The largest absolute Gasteiger partial charge is 0.340 e. The van der Waals surface area contributed by atoms with Crippen LogP contribution in [0.4, 0.5) is 0 Å². The van der Waals surface area contributed by atoms with Gasteiger partial charge in [-0.05, 0) is 48.0 Å². The van der Waals surface area contributed by atoms with Gasteiger partial charge in [0.05, 0.1) is 0 Å². The van der Waals surface area contributed by atoms with Crippen LogP contribution in [-0.2, 0) is 9.53 Å². The Hall–Kier alpha value is -0.610. The van der Waals surface area contributed by atoms with Crippen LogP contribution in [0, 0.1) is 0 Å². The molecule has 29 heavy (non-hydrogen) atoms. The van der Waals surface area contributed by atoms with E-state index in [-0.39, 0.29) is 17.0 Å². The predicted molar refractivity (Wildman–Crippen MR) is 122 cm³/mol. The molecule has 1 N–H and O–H groups in total. The second-order valence-corrected chi connectivity index (χ2v) is 11.4. The van der Waals surface area contributed by atoms with Crippen LogP contribution in [0.5, 0.6) is 0 Å². The lowest BCUT2D eigenvalue weighted by molar-refractivity contribution is -0.177. The molecule has 170 valence electrons.